The number of hydrogen-bond acceptors (Lipinski definition) is 5. The topological polar surface area (TPSA) is 131 Å². The molecule has 1 unspecified atom stereocenters. The van der Waals surface area contributed by atoms with Crippen LogP contribution in [0.25, 0.3) is 0 Å². The van der Waals surface area contributed by atoms with Gasteiger partial charge in [0, 0.05) is 11.8 Å². The standard InChI is InChI=1S/C21H17F2N5O4/c1-21(13-4-2-3-12(7-13)9-24)19(31)28(20(32)27-21)11-18(30)25-10-17(29)26-14-5-6-15(22)16(23)8-14/h2-8H,10-11H2,1H3,(H,25,30)(H,26,29)(H,27,32). The van der Waals surface area contributed by atoms with E-state index in [2.05, 4.69) is 16.0 Å². The van der Waals surface area contributed by atoms with Crippen LogP contribution < -0.4 is 16.0 Å². The normalized spacial score (nSPS) is 17.5. The van der Waals surface area contributed by atoms with Crippen molar-refractivity contribution in [2.24, 2.45) is 0 Å². The third kappa shape index (κ3) is 4.54. The smallest absolute Gasteiger partial charge is 0.325 e. The summed E-state index contributed by atoms with van der Waals surface area (Å²) in [4.78, 5) is 49.9. The van der Waals surface area contributed by atoms with E-state index in [-0.39, 0.29) is 5.69 Å². The summed E-state index contributed by atoms with van der Waals surface area (Å²) < 4.78 is 26.1. The number of nitrogens with zero attached hydrogens (tertiary/aromatic N) is 2. The summed E-state index contributed by atoms with van der Waals surface area (Å²) in [6, 6.07) is 10.1. The molecule has 1 saturated heterocycles. The molecule has 0 spiro atoms. The number of rotatable bonds is 6. The largest absolute Gasteiger partial charge is 0.345 e. The maximum atomic E-state index is 13.2. The molecule has 11 heteroatoms. The molecular formula is C21H17F2N5O4. The second kappa shape index (κ2) is 8.81. The third-order valence-electron chi connectivity index (χ3n) is 4.80. The van der Waals surface area contributed by atoms with Gasteiger partial charge in [-0.1, -0.05) is 12.1 Å². The van der Waals surface area contributed by atoms with Crippen molar-refractivity contribution in [3.8, 4) is 6.07 Å². The quantitative estimate of drug-likeness (QED) is 0.583. The summed E-state index contributed by atoms with van der Waals surface area (Å²) in [5.41, 5.74) is -0.792. The minimum atomic E-state index is -1.46. The van der Waals surface area contributed by atoms with E-state index in [1.54, 1.807) is 18.2 Å². The summed E-state index contributed by atoms with van der Waals surface area (Å²) in [6.07, 6.45) is 0. The summed E-state index contributed by atoms with van der Waals surface area (Å²) in [6.45, 7) is 0.288. The Labute approximate surface area is 181 Å². The van der Waals surface area contributed by atoms with Gasteiger partial charge in [-0.25, -0.2) is 13.6 Å². The molecular weight excluding hydrogens is 424 g/mol. The highest BCUT2D eigenvalue weighted by Gasteiger charge is 2.49. The first-order valence-corrected chi connectivity index (χ1v) is 9.30. The Balaban J connectivity index is 1.59. The number of carbonyl (C=O) groups is 4. The van der Waals surface area contributed by atoms with Crippen LogP contribution in [0, 0.1) is 23.0 Å². The summed E-state index contributed by atoms with van der Waals surface area (Å²) in [5.74, 6) is -4.42. The monoisotopic (exact) mass is 441 g/mol. The first kappa shape index (κ1) is 22.4. The van der Waals surface area contributed by atoms with Gasteiger partial charge in [0.25, 0.3) is 5.91 Å². The number of urea groups is 1. The maximum absolute atomic E-state index is 13.2. The highest BCUT2D eigenvalue weighted by atomic mass is 19.2. The lowest BCUT2D eigenvalue weighted by Crippen LogP contribution is -2.44. The van der Waals surface area contributed by atoms with Gasteiger partial charge in [-0.15, -0.1) is 0 Å². The molecule has 0 aliphatic carbocycles. The Hall–Kier alpha value is -4.33. The predicted molar refractivity (Wildman–Crippen MR) is 107 cm³/mol. The van der Waals surface area contributed by atoms with Crippen LogP contribution >= 0.6 is 0 Å². The van der Waals surface area contributed by atoms with Gasteiger partial charge < -0.3 is 16.0 Å². The molecule has 164 valence electrons. The molecule has 1 aliphatic rings. The molecule has 5 amide bonds. The number of hydrogen-bond donors (Lipinski definition) is 3. The molecule has 1 heterocycles. The zero-order valence-corrected chi connectivity index (χ0v) is 16.7. The number of anilines is 1. The molecule has 1 aliphatic heterocycles. The van der Waals surface area contributed by atoms with Gasteiger partial charge in [-0.05, 0) is 36.8 Å². The summed E-state index contributed by atoms with van der Waals surface area (Å²) >= 11 is 0. The second-order valence-electron chi connectivity index (χ2n) is 7.09. The molecule has 0 saturated carbocycles. The number of amides is 5. The average molecular weight is 441 g/mol. The number of imide groups is 1. The van der Waals surface area contributed by atoms with Crippen LogP contribution in [0.5, 0.6) is 0 Å². The van der Waals surface area contributed by atoms with Gasteiger partial charge in [0.1, 0.15) is 12.1 Å². The fourth-order valence-corrected chi connectivity index (χ4v) is 3.09. The fourth-order valence-electron chi connectivity index (χ4n) is 3.09. The van der Waals surface area contributed by atoms with Crippen molar-refractivity contribution in [2.45, 2.75) is 12.5 Å². The van der Waals surface area contributed by atoms with Gasteiger partial charge in [0.15, 0.2) is 11.6 Å². The number of benzene rings is 2. The maximum Gasteiger partial charge on any atom is 0.325 e. The van der Waals surface area contributed by atoms with Gasteiger partial charge in [0.05, 0.1) is 18.2 Å². The SMILES string of the molecule is CC1(c2cccc(C#N)c2)NC(=O)N(CC(=O)NCC(=O)Nc2ccc(F)c(F)c2)C1=O. The molecule has 1 fully saturated rings. The summed E-state index contributed by atoms with van der Waals surface area (Å²) in [7, 11) is 0. The van der Waals surface area contributed by atoms with E-state index in [0.29, 0.717) is 16.0 Å². The van der Waals surface area contributed by atoms with Crippen LogP contribution in [0.1, 0.15) is 18.1 Å². The Morgan fingerprint density at radius 2 is 1.88 bits per heavy atom. The van der Waals surface area contributed by atoms with Gasteiger partial charge in [-0.3, -0.25) is 19.3 Å². The van der Waals surface area contributed by atoms with E-state index in [0.717, 1.165) is 18.2 Å². The Morgan fingerprint density at radius 3 is 2.56 bits per heavy atom. The van der Waals surface area contributed by atoms with Crippen LogP contribution in [0.15, 0.2) is 42.5 Å². The molecule has 0 bridgehead atoms. The van der Waals surface area contributed by atoms with E-state index in [1.807, 2.05) is 6.07 Å². The van der Waals surface area contributed by atoms with Crippen LogP contribution in [0.4, 0.5) is 19.3 Å². The lowest BCUT2D eigenvalue weighted by Gasteiger charge is -2.22. The lowest BCUT2D eigenvalue weighted by atomic mass is 9.91. The van der Waals surface area contributed by atoms with Crippen LogP contribution in [0.3, 0.4) is 0 Å². The molecule has 0 radical (unpaired) electrons. The van der Waals surface area contributed by atoms with Gasteiger partial charge in [-0.2, -0.15) is 5.26 Å². The van der Waals surface area contributed by atoms with Crippen LogP contribution in [-0.4, -0.2) is 41.7 Å². The second-order valence-corrected chi connectivity index (χ2v) is 7.09. The van der Waals surface area contributed by atoms with Crippen LogP contribution in [0.2, 0.25) is 0 Å². The fraction of sp³-hybridized carbons (Fsp3) is 0.190. The lowest BCUT2D eigenvalue weighted by molar-refractivity contribution is -0.135. The highest BCUT2D eigenvalue weighted by Crippen LogP contribution is 2.29. The van der Waals surface area contributed by atoms with E-state index in [4.69, 9.17) is 5.26 Å². The average Bonchev–Trinajstić information content (AvgIpc) is 2.99. The van der Waals surface area contributed by atoms with Crippen LogP contribution in [-0.2, 0) is 19.9 Å². The van der Waals surface area contributed by atoms with Crippen molar-refractivity contribution >= 4 is 29.4 Å². The van der Waals surface area contributed by atoms with Crippen molar-refractivity contribution in [3.63, 3.8) is 0 Å². The number of carbonyl (C=O) groups excluding carboxylic acids is 4. The van der Waals surface area contributed by atoms with E-state index >= 15 is 0 Å². The summed E-state index contributed by atoms with van der Waals surface area (Å²) in [5, 5.41) is 16.1. The third-order valence-corrected chi connectivity index (χ3v) is 4.80. The highest BCUT2D eigenvalue weighted by molar-refractivity contribution is 6.09. The number of nitrogens with one attached hydrogen (secondary N) is 3. The van der Waals surface area contributed by atoms with Crippen molar-refractivity contribution < 1.29 is 28.0 Å². The molecule has 2 aromatic rings. The number of nitriles is 1. The van der Waals surface area contributed by atoms with Crippen molar-refractivity contribution in [3.05, 3.63) is 65.2 Å². The van der Waals surface area contributed by atoms with Crippen molar-refractivity contribution in [1.82, 2.24) is 15.5 Å². The molecule has 0 aromatic heterocycles. The number of halogens is 2. The molecule has 3 rings (SSSR count). The Kier molecular flexibility index (Phi) is 6.15. The minimum absolute atomic E-state index is 0.00684. The molecule has 1 atom stereocenters. The minimum Gasteiger partial charge on any atom is -0.345 e. The first-order chi connectivity index (χ1) is 15.1. The van der Waals surface area contributed by atoms with E-state index in [1.165, 1.54) is 13.0 Å². The van der Waals surface area contributed by atoms with Crippen molar-refractivity contribution in [1.29, 1.82) is 5.26 Å². The Morgan fingerprint density at radius 1 is 1.12 bits per heavy atom. The zero-order valence-electron chi connectivity index (χ0n) is 16.7. The Bertz CT molecular complexity index is 1160. The zero-order chi connectivity index (χ0) is 23.5. The molecule has 3 N–H and O–H groups in total. The van der Waals surface area contributed by atoms with Crippen molar-refractivity contribution in [2.75, 3.05) is 18.4 Å². The molecule has 32 heavy (non-hydrogen) atoms. The van der Waals surface area contributed by atoms with E-state index < -0.39 is 54.0 Å². The molecule has 9 nitrogen and oxygen atoms in total. The molecule has 2 aromatic carbocycles. The van der Waals surface area contributed by atoms with Gasteiger partial charge >= 0.3 is 6.03 Å². The van der Waals surface area contributed by atoms with E-state index in [9.17, 15) is 28.0 Å². The van der Waals surface area contributed by atoms with Gasteiger partial charge in [0.2, 0.25) is 11.8 Å². The predicted octanol–water partition coefficient (Wildman–Crippen LogP) is 1.36. The first-order valence-electron chi connectivity index (χ1n) is 9.30.